The molecule has 0 aromatic heterocycles. The smallest absolute Gasteiger partial charge is 0.0406 e. The van der Waals surface area contributed by atoms with E-state index < -0.39 is 0 Å². The van der Waals surface area contributed by atoms with Gasteiger partial charge in [-0.25, -0.2) is 0 Å². The number of hydrogen-bond donors (Lipinski definition) is 0. The molecule has 92 valence electrons. The minimum atomic E-state index is 0.767. The van der Waals surface area contributed by atoms with Gasteiger partial charge in [0.1, 0.15) is 0 Å². The van der Waals surface area contributed by atoms with Crippen LogP contribution in [-0.2, 0) is 0 Å². The molecular weight excluding hydrogens is 252 g/mol. The Morgan fingerprint density at radius 1 is 0.632 bits per heavy atom. The molecule has 0 spiro atoms. The molecule has 19 heavy (non-hydrogen) atoms. The monoisotopic (exact) mass is 264 g/mol. The summed E-state index contributed by atoms with van der Waals surface area (Å²) < 4.78 is 0. The molecule has 3 aromatic carbocycles. The summed E-state index contributed by atoms with van der Waals surface area (Å²) in [7, 11) is 0. The third kappa shape index (κ3) is 2.86. The fourth-order valence-corrected chi connectivity index (χ4v) is 2.20. The highest BCUT2D eigenvalue weighted by molar-refractivity contribution is 6.30. The number of halogens is 1. The molecule has 0 heterocycles. The van der Waals surface area contributed by atoms with Crippen LogP contribution in [0.2, 0.25) is 5.02 Å². The average Bonchev–Trinajstić information content (AvgIpc) is 2.46. The maximum Gasteiger partial charge on any atom is 0.0406 e. The van der Waals surface area contributed by atoms with E-state index in [1.54, 1.807) is 0 Å². The lowest BCUT2D eigenvalue weighted by Crippen LogP contribution is -1.75. The van der Waals surface area contributed by atoms with Gasteiger partial charge in [-0.3, -0.25) is 0 Å². The lowest BCUT2D eigenvalue weighted by molar-refractivity contribution is 1.66. The zero-order valence-electron chi connectivity index (χ0n) is 10.4. The first-order valence-electron chi connectivity index (χ1n) is 6.24. The second-order valence-electron chi connectivity index (χ2n) is 4.49. The summed E-state index contributed by atoms with van der Waals surface area (Å²) in [5, 5.41) is 3.30. The molecule has 0 saturated heterocycles. The molecular formula is C18H13Cl. The molecule has 3 aromatic rings. The Morgan fingerprint density at radius 2 is 1.26 bits per heavy atom. The van der Waals surface area contributed by atoms with Crippen molar-refractivity contribution in [2.75, 3.05) is 0 Å². The molecule has 3 rings (SSSR count). The SMILES string of the molecule is Clc1ccc(C=Cc2ccc3ccccc3c2)cc1. The topological polar surface area (TPSA) is 0 Å². The standard InChI is InChI=1S/C18H13Cl/c19-18-11-8-14(9-12-18)5-6-15-7-10-16-3-1-2-4-17(16)13-15/h1-13H. The summed E-state index contributed by atoms with van der Waals surface area (Å²) in [5.74, 6) is 0. The van der Waals surface area contributed by atoms with Gasteiger partial charge in [-0.2, -0.15) is 0 Å². The van der Waals surface area contributed by atoms with Gasteiger partial charge in [-0.05, 0) is 40.1 Å². The van der Waals surface area contributed by atoms with Crippen molar-refractivity contribution in [3.63, 3.8) is 0 Å². The van der Waals surface area contributed by atoms with Gasteiger partial charge in [-0.1, -0.05) is 72.3 Å². The van der Waals surface area contributed by atoms with Crippen LogP contribution < -0.4 is 0 Å². The zero-order chi connectivity index (χ0) is 13.1. The maximum absolute atomic E-state index is 5.87. The Kier molecular flexibility index (Phi) is 3.35. The first-order chi connectivity index (χ1) is 9.31. The third-order valence-corrected chi connectivity index (χ3v) is 3.36. The summed E-state index contributed by atoms with van der Waals surface area (Å²) in [5.41, 5.74) is 2.35. The van der Waals surface area contributed by atoms with Crippen LogP contribution in [0.1, 0.15) is 11.1 Å². The van der Waals surface area contributed by atoms with E-state index in [1.165, 1.54) is 16.3 Å². The van der Waals surface area contributed by atoms with Gasteiger partial charge < -0.3 is 0 Å². The van der Waals surface area contributed by atoms with Crippen molar-refractivity contribution in [3.8, 4) is 0 Å². The van der Waals surface area contributed by atoms with E-state index >= 15 is 0 Å². The van der Waals surface area contributed by atoms with Crippen molar-refractivity contribution in [1.29, 1.82) is 0 Å². The van der Waals surface area contributed by atoms with Crippen LogP contribution in [0.5, 0.6) is 0 Å². The normalized spacial score (nSPS) is 11.2. The van der Waals surface area contributed by atoms with Gasteiger partial charge in [-0.15, -0.1) is 0 Å². The number of hydrogen-bond acceptors (Lipinski definition) is 0. The molecule has 0 N–H and O–H groups in total. The van der Waals surface area contributed by atoms with E-state index in [0.29, 0.717) is 0 Å². The quantitative estimate of drug-likeness (QED) is 0.524. The Morgan fingerprint density at radius 3 is 2.05 bits per heavy atom. The molecule has 0 atom stereocenters. The Bertz CT molecular complexity index is 724. The van der Waals surface area contributed by atoms with Crippen LogP contribution >= 0.6 is 11.6 Å². The molecule has 0 aliphatic heterocycles. The molecule has 0 bridgehead atoms. The van der Waals surface area contributed by atoms with Crippen LogP contribution in [-0.4, -0.2) is 0 Å². The van der Waals surface area contributed by atoms with E-state index in [1.807, 2.05) is 24.3 Å². The van der Waals surface area contributed by atoms with E-state index in [2.05, 4.69) is 54.6 Å². The molecule has 1 heteroatoms. The number of fused-ring (bicyclic) bond motifs is 1. The fourth-order valence-electron chi connectivity index (χ4n) is 2.08. The first kappa shape index (κ1) is 12.0. The predicted octanol–water partition coefficient (Wildman–Crippen LogP) is 5.66. The van der Waals surface area contributed by atoms with Crippen LogP contribution in [0.25, 0.3) is 22.9 Å². The highest BCUT2D eigenvalue weighted by atomic mass is 35.5. The molecule has 0 nitrogen and oxygen atoms in total. The van der Waals surface area contributed by atoms with Gasteiger partial charge in [0.15, 0.2) is 0 Å². The van der Waals surface area contributed by atoms with Crippen molar-refractivity contribution < 1.29 is 0 Å². The second-order valence-corrected chi connectivity index (χ2v) is 4.93. The molecule has 0 aliphatic rings. The van der Waals surface area contributed by atoms with Gasteiger partial charge in [0.2, 0.25) is 0 Å². The summed E-state index contributed by atoms with van der Waals surface area (Å²) in [6.07, 6.45) is 4.22. The van der Waals surface area contributed by atoms with Crippen LogP contribution in [0, 0.1) is 0 Å². The molecule has 0 aliphatic carbocycles. The highest BCUT2D eigenvalue weighted by Crippen LogP contribution is 2.18. The van der Waals surface area contributed by atoms with Gasteiger partial charge in [0.25, 0.3) is 0 Å². The van der Waals surface area contributed by atoms with Crippen LogP contribution in [0.3, 0.4) is 0 Å². The van der Waals surface area contributed by atoms with E-state index in [9.17, 15) is 0 Å². The predicted molar refractivity (Wildman–Crippen MR) is 84.3 cm³/mol. The Balaban J connectivity index is 1.90. The largest absolute Gasteiger partial charge is 0.0843 e. The third-order valence-electron chi connectivity index (χ3n) is 3.11. The minimum absolute atomic E-state index is 0.767. The van der Waals surface area contributed by atoms with E-state index in [0.717, 1.165) is 10.6 Å². The van der Waals surface area contributed by atoms with Crippen LogP contribution in [0.4, 0.5) is 0 Å². The van der Waals surface area contributed by atoms with Crippen molar-refractivity contribution in [2.24, 2.45) is 0 Å². The lowest BCUT2D eigenvalue weighted by Gasteiger charge is -1.99. The minimum Gasteiger partial charge on any atom is -0.0843 e. The van der Waals surface area contributed by atoms with Gasteiger partial charge in [0.05, 0.1) is 0 Å². The maximum atomic E-state index is 5.87. The average molecular weight is 265 g/mol. The van der Waals surface area contributed by atoms with Crippen molar-refractivity contribution in [2.45, 2.75) is 0 Å². The molecule has 0 unspecified atom stereocenters. The van der Waals surface area contributed by atoms with E-state index in [-0.39, 0.29) is 0 Å². The molecule has 0 radical (unpaired) electrons. The van der Waals surface area contributed by atoms with Crippen molar-refractivity contribution >= 4 is 34.5 Å². The molecule has 0 saturated carbocycles. The fraction of sp³-hybridized carbons (Fsp3) is 0. The summed E-state index contributed by atoms with van der Waals surface area (Å²) >= 11 is 5.87. The van der Waals surface area contributed by atoms with Crippen molar-refractivity contribution in [1.82, 2.24) is 0 Å². The Labute approximate surface area is 118 Å². The van der Waals surface area contributed by atoms with E-state index in [4.69, 9.17) is 11.6 Å². The molecule has 0 fully saturated rings. The summed E-state index contributed by atoms with van der Waals surface area (Å²) in [6, 6.07) is 22.7. The summed E-state index contributed by atoms with van der Waals surface area (Å²) in [6.45, 7) is 0. The lowest BCUT2D eigenvalue weighted by atomic mass is 10.1. The van der Waals surface area contributed by atoms with Gasteiger partial charge in [0, 0.05) is 5.02 Å². The number of benzene rings is 3. The summed E-state index contributed by atoms with van der Waals surface area (Å²) in [4.78, 5) is 0. The zero-order valence-corrected chi connectivity index (χ0v) is 11.1. The Hall–Kier alpha value is -2.05. The number of rotatable bonds is 2. The second kappa shape index (κ2) is 5.29. The van der Waals surface area contributed by atoms with Gasteiger partial charge >= 0.3 is 0 Å². The van der Waals surface area contributed by atoms with Crippen molar-refractivity contribution in [3.05, 3.63) is 82.9 Å². The highest BCUT2D eigenvalue weighted by Gasteiger charge is 1.93. The first-order valence-corrected chi connectivity index (χ1v) is 6.61. The van der Waals surface area contributed by atoms with Crippen LogP contribution in [0.15, 0.2) is 66.7 Å². The molecule has 0 amide bonds.